The second-order valence-electron chi connectivity index (χ2n) is 4.95. The molecule has 0 atom stereocenters. The molecule has 0 unspecified atom stereocenters. The maximum atomic E-state index is 8.74. The Morgan fingerprint density at radius 3 is 2.56 bits per heavy atom. The van der Waals surface area contributed by atoms with E-state index >= 15 is 0 Å². The summed E-state index contributed by atoms with van der Waals surface area (Å²) in [7, 11) is 0. The molecule has 1 aromatic carbocycles. The minimum Gasteiger partial charge on any atom is -0.411 e. The van der Waals surface area contributed by atoms with Gasteiger partial charge in [0.05, 0.1) is 6.21 Å². The maximum absolute atomic E-state index is 8.74. The molecule has 3 heteroatoms. The van der Waals surface area contributed by atoms with Gasteiger partial charge in [0.2, 0.25) is 0 Å². The molecule has 0 amide bonds. The lowest BCUT2D eigenvalue weighted by atomic mass is 9.89. The molecule has 2 rings (SSSR count). The summed E-state index contributed by atoms with van der Waals surface area (Å²) in [6.45, 7) is 6.39. The molecule has 2 N–H and O–H groups in total. The van der Waals surface area contributed by atoms with E-state index in [0.717, 1.165) is 22.2 Å². The summed E-state index contributed by atoms with van der Waals surface area (Å²) in [6, 6.07) is 8.03. The van der Waals surface area contributed by atoms with E-state index in [1.165, 1.54) is 6.21 Å². The highest BCUT2D eigenvalue weighted by Crippen LogP contribution is 2.29. The number of H-pyrrole nitrogens is 1. The van der Waals surface area contributed by atoms with Crippen LogP contribution in [0.1, 0.15) is 32.0 Å². The molecule has 1 heterocycles. The van der Waals surface area contributed by atoms with Gasteiger partial charge in [-0.3, -0.25) is 0 Å². The van der Waals surface area contributed by atoms with Crippen molar-refractivity contribution in [3.05, 3.63) is 35.5 Å². The monoisotopic (exact) mass is 216 g/mol. The van der Waals surface area contributed by atoms with Crippen molar-refractivity contribution in [2.45, 2.75) is 26.2 Å². The van der Waals surface area contributed by atoms with Crippen LogP contribution in [0.3, 0.4) is 0 Å². The predicted octanol–water partition coefficient (Wildman–Crippen LogP) is 3.27. The van der Waals surface area contributed by atoms with Crippen LogP contribution >= 0.6 is 0 Å². The molecule has 0 saturated carbocycles. The largest absolute Gasteiger partial charge is 0.411 e. The second-order valence-corrected chi connectivity index (χ2v) is 4.95. The Kier molecular flexibility index (Phi) is 2.46. The quantitative estimate of drug-likeness (QED) is 0.429. The van der Waals surface area contributed by atoms with Crippen molar-refractivity contribution < 1.29 is 5.21 Å². The minimum absolute atomic E-state index is 0.00442. The first kappa shape index (κ1) is 10.7. The van der Waals surface area contributed by atoms with Crippen molar-refractivity contribution >= 4 is 17.1 Å². The molecule has 0 fully saturated rings. The molecule has 0 aliphatic heterocycles. The molecule has 1 aromatic heterocycles. The number of nitrogens with one attached hydrogen (secondary N) is 1. The van der Waals surface area contributed by atoms with Crippen LogP contribution < -0.4 is 0 Å². The van der Waals surface area contributed by atoms with Gasteiger partial charge < -0.3 is 10.2 Å². The van der Waals surface area contributed by atoms with E-state index in [2.05, 4.69) is 30.9 Å². The lowest BCUT2D eigenvalue weighted by Gasteiger charge is -2.17. The highest BCUT2D eigenvalue weighted by molar-refractivity contribution is 6.00. The number of aromatic amines is 1. The number of hydrogen-bond donors (Lipinski definition) is 2. The third-order valence-electron chi connectivity index (χ3n) is 2.68. The number of benzene rings is 1. The van der Waals surface area contributed by atoms with Crippen LogP contribution in [0.25, 0.3) is 10.9 Å². The van der Waals surface area contributed by atoms with Gasteiger partial charge in [-0.25, -0.2) is 0 Å². The van der Waals surface area contributed by atoms with E-state index in [4.69, 9.17) is 5.21 Å². The third-order valence-corrected chi connectivity index (χ3v) is 2.68. The first-order valence-corrected chi connectivity index (χ1v) is 5.32. The molecule has 0 saturated heterocycles. The summed E-state index contributed by atoms with van der Waals surface area (Å²) < 4.78 is 0. The van der Waals surface area contributed by atoms with Gasteiger partial charge in [-0.1, -0.05) is 44.1 Å². The maximum Gasteiger partial charge on any atom is 0.0758 e. The van der Waals surface area contributed by atoms with Crippen LogP contribution in [0, 0.1) is 0 Å². The van der Waals surface area contributed by atoms with Gasteiger partial charge in [0.1, 0.15) is 0 Å². The Bertz CT molecular complexity index is 532. The standard InChI is InChI=1S/C13H16N2O/c1-13(2,3)12-10(8-14-16)9-6-4-5-7-11(9)15-12/h4-8,15-16H,1-3H3/b14-8-. The van der Waals surface area contributed by atoms with Crippen molar-refractivity contribution in [2.24, 2.45) is 5.16 Å². The molecule has 84 valence electrons. The highest BCUT2D eigenvalue weighted by Gasteiger charge is 2.21. The molecule has 3 nitrogen and oxygen atoms in total. The van der Waals surface area contributed by atoms with E-state index < -0.39 is 0 Å². The summed E-state index contributed by atoms with van der Waals surface area (Å²) >= 11 is 0. The van der Waals surface area contributed by atoms with Gasteiger partial charge in [0.25, 0.3) is 0 Å². The molecular weight excluding hydrogens is 200 g/mol. The lowest BCUT2D eigenvalue weighted by molar-refractivity contribution is 0.322. The van der Waals surface area contributed by atoms with Gasteiger partial charge in [0, 0.05) is 27.6 Å². The second kappa shape index (κ2) is 3.67. The fourth-order valence-corrected chi connectivity index (χ4v) is 1.95. The Balaban J connectivity index is 2.78. The van der Waals surface area contributed by atoms with E-state index in [1.54, 1.807) is 0 Å². The van der Waals surface area contributed by atoms with Gasteiger partial charge in [-0.2, -0.15) is 0 Å². The first-order valence-electron chi connectivity index (χ1n) is 5.32. The zero-order valence-corrected chi connectivity index (χ0v) is 9.78. The fraction of sp³-hybridized carbons (Fsp3) is 0.308. The van der Waals surface area contributed by atoms with E-state index in [1.807, 2.05) is 24.3 Å². The van der Waals surface area contributed by atoms with Crippen LogP contribution in [-0.4, -0.2) is 16.4 Å². The average molecular weight is 216 g/mol. The number of para-hydroxylation sites is 1. The van der Waals surface area contributed by atoms with Gasteiger partial charge >= 0.3 is 0 Å². The Labute approximate surface area is 94.8 Å². The molecule has 0 aliphatic rings. The number of fused-ring (bicyclic) bond motifs is 1. The zero-order chi connectivity index (χ0) is 11.8. The summed E-state index contributed by atoms with van der Waals surface area (Å²) in [5.74, 6) is 0. The summed E-state index contributed by atoms with van der Waals surface area (Å²) in [4.78, 5) is 3.39. The van der Waals surface area contributed by atoms with E-state index in [-0.39, 0.29) is 5.41 Å². The smallest absolute Gasteiger partial charge is 0.0758 e. The van der Waals surface area contributed by atoms with Crippen molar-refractivity contribution in [1.82, 2.24) is 4.98 Å². The predicted molar refractivity (Wildman–Crippen MR) is 66.4 cm³/mol. The Hall–Kier alpha value is -1.77. The molecule has 0 aliphatic carbocycles. The van der Waals surface area contributed by atoms with Crippen LogP contribution in [-0.2, 0) is 5.41 Å². The molecular formula is C13H16N2O. The lowest BCUT2D eigenvalue weighted by Crippen LogP contribution is -2.14. The van der Waals surface area contributed by atoms with E-state index in [0.29, 0.717) is 0 Å². The summed E-state index contributed by atoms with van der Waals surface area (Å²) in [6.07, 6.45) is 1.50. The Morgan fingerprint density at radius 2 is 1.94 bits per heavy atom. The molecule has 0 bridgehead atoms. The number of oxime groups is 1. The molecule has 0 spiro atoms. The van der Waals surface area contributed by atoms with Crippen LogP contribution in [0.4, 0.5) is 0 Å². The highest BCUT2D eigenvalue weighted by atomic mass is 16.4. The normalized spacial score (nSPS) is 12.7. The molecule has 0 radical (unpaired) electrons. The van der Waals surface area contributed by atoms with E-state index in [9.17, 15) is 0 Å². The number of aromatic nitrogens is 1. The van der Waals surface area contributed by atoms with Crippen molar-refractivity contribution in [3.8, 4) is 0 Å². The minimum atomic E-state index is -0.00442. The van der Waals surface area contributed by atoms with Gasteiger partial charge in [-0.05, 0) is 6.07 Å². The number of rotatable bonds is 1. The first-order chi connectivity index (χ1) is 7.54. The average Bonchev–Trinajstić information content (AvgIpc) is 2.58. The number of nitrogens with zero attached hydrogens (tertiary/aromatic N) is 1. The summed E-state index contributed by atoms with van der Waals surface area (Å²) in [5.41, 5.74) is 3.12. The fourth-order valence-electron chi connectivity index (χ4n) is 1.95. The number of hydrogen-bond acceptors (Lipinski definition) is 2. The van der Waals surface area contributed by atoms with Crippen molar-refractivity contribution in [2.75, 3.05) is 0 Å². The van der Waals surface area contributed by atoms with Gasteiger partial charge in [0.15, 0.2) is 0 Å². The summed E-state index contributed by atoms with van der Waals surface area (Å²) in [5, 5.41) is 13.0. The van der Waals surface area contributed by atoms with Crippen LogP contribution in [0.15, 0.2) is 29.4 Å². The van der Waals surface area contributed by atoms with Crippen molar-refractivity contribution in [3.63, 3.8) is 0 Å². The van der Waals surface area contributed by atoms with Gasteiger partial charge in [-0.15, -0.1) is 0 Å². The molecule has 2 aromatic rings. The SMILES string of the molecule is CC(C)(C)c1[nH]c2ccccc2c1/C=N\O. The van der Waals surface area contributed by atoms with Crippen LogP contribution in [0.2, 0.25) is 0 Å². The zero-order valence-electron chi connectivity index (χ0n) is 9.78. The topological polar surface area (TPSA) is 48.4 Å². The van der Waals surface area contributed by atoms with Crippen LogP contribution in [0.5, 0.6) is 0 Å². The third kappa shape index (κ3) is 1.69. The van der Waals surface area contributed by atoms with Crippen molar-refractivity contribution in [1.29, 1.82) is 0 Å². The Morgan fingerprint density at radius 1 is 1.25 bits per heavy atom. The molecule has 16 heavy (non-hydrogen) atoms.